The van der Waals surface area contributed by atoms with Crippen molar-refractivity contribution in [3.63, 3.8) is 0 Å². The van der Waals surface area contributed by atoms with E-state index in [0.29, 0.717) is 46.5 Å². The number of carbonyl (C=O) groups excluding carboxylic acids is 4. The summed E-state index contributed by atoms with van der Waals surface area (Å²) in [6, 6.07) is 27.7. The van der Waals surface area contributed by atoms with Gasteiger partial charge in [-0.25, -0.2) is 14.6 Å². The molecule has 0 atom stereocenters. The second-order valence-corrected chi connectivity index (χ2v) is 9.50. The molecule has 0 aliphatic carbocycles. The van der Waals surface area contributed by atoms with E-state index in [4.69, 9.17) is 14.2 Å². The summed E-state index contributed by atoms with van der Waals surface area (Å²) >= 11 is 0. The number of hydrogen-bond donors (Lipinski definition) is 1. The Labute approximate surface area is 254 Å². The van der Waals surface area contributed by atoms with E-state index in [-0.39, 0.29) is 18.1 Å². The number of imide groups is 2. The number of rotatable bonds is 10. The normalized spacial score (nSPS) is 13.0. The molecule has 4 aromatic carbocycles. The quantitative estimate of drug-likeness (QED) is 0.186. The van der Waals surface area contributed by atoms with Crippen molar-refractivity contribution >= 4 is 46.9 Å². The largest absolute Gasteiger partial charge is 0.497 e. The Balaban J connectivity index is 1.42. The van der Waals surface area contributed by atoms with Crippen molar-refractivity contribution < 1.29 is 33.4 Å². The standard InChI is InChI=1S/C34H29N3O7/c1-3-43-30-21-23(14-19-29(30)44-22-31(38)35-24-15-17-27(42-2)18-16-24)20-28-32(39)36(25-10-6-4-7-11-25)34(41)37(33(28)40)26-12-8-5-9-13-26/h4-21H,3,22H2,1-2H3,(H,35,38). The maximum absolute atomic E-state index is 13.7. The minimum absolute atomic E-state index is 0.215. The Bertz CT molecular complexity index is 1640. The fourth-order valence-electron chi connectivity index (χ4n) is 4.52. The number of hydrogen-bond acceptors (Lipinski definition) is 7. The lowest BCUT2D eigenvalue weighted by molar-refractivity contribution is -0.121. The fraction of sp³-hybridized carbons (Fsp3) is 0.118. The van der Waals surface area contributed by atoms with Gasteiger partial charge < -0.3 is 19.5 Å². The third kappa shape index (κ3) is 6.44. The van der Waals surface area contributed by atoms with Gasteiger partial charge in [0, 0.05) is 5.69 Å². The second-order valence-electron chi connectivity index (χ2n) is 9.50. The molecule has 1 aliphatic heterocycles. The Morgan fingerprint density at radius 1 is 0.750 bits per heavy atom. The number of urea groups is 1. The lowest BCUT2D eigenvalue weighted by atomic mass is 10.0. The summed E-state index contributed by atoms with van der Waals surface area (Å²) in [6.07, 6.45) is 1.41. The highest BCUT2D eigenvalue weighted by Crippen LogP contribution is 2.32. The summed E-state index contributed by atoms with van der Waals surface area (Å²) in [5, 5.41) is 2.75. The van der Waals surface area contributed by atoms with Crippen LogP contribution in [0.5, 0.6) is 17.2 Å². The third-order valence-electron chi connectivity index (χ3n) is 6.59. The van der Waals surface area contributed by atoms with Gasteiger partial charge in [-0.1, -0.05) is 42.5 Å². The summed E-state index contributed by atoms with van der Waals surface area (Å²) in [7, 11) is 1.56. The van der Waals surface area contributed by atoms with Gasteiger partial charge in [0.25, 0.3) is 17.7 Å². The van der Waals surface area contributed by atoms with Crippen molar-refractivity contribution in [2.24, 2.45) is 0 Å². The summed E-state index contributed by atoms with van der Waals surface area (Å²) in [6.45, 7) is 1.80. The van der Waals surface area contributed by atoms with Gasteiger partial charge in [0.05, 0.1) is 25.1 Å². The molecule has 0 saturated carbocycles. The van der Waals surface area contributed by atoms with E-state index in [9.17, 15) is 19.2 Å². The van der Waals surface area contributed by atoms with Gasteiger partial charge in [0.2, 0.25) is 0 Å². The van der Waals surface area contributed by atoms with E-state index in [1.54, 1.807) is 117 Å². The summed E-state index contributed by atoms with van der Waals surface area (Å²) < 4.78 is 16.6. The average Bonchev–Trinajstić information content (AvgIpc) is 3.04. The molecule has 4 aromatic rings. The first kappa shape index (κ1) is 29.6. The van der Waals surface area contributed by atoms with Crippen LogP contribution in [0.3, 0.4) is 0 Å². The zero-order valence-corrected chi connectivity index (χ0v) is 24.1. The predicted molar refractivity (Wildman–Crippen MR) is 166 cm³/mol. The summed E-state index contributed by atoms with van der Waals surface area (Å²) in [4.78, 5) is 55.3. The van der Waals surface area contributed by atoms with Gasteiger partial charge in [-0.05, 0) is 79.2 Å². The zero-order valence-electron chi connectivity index (χ0n) is 24.1. The minimum Gasteiger partial charge on any atom is -0.497 e. The van der Waals surface area contributed by atoms with Crippen LogP contribution in [0, 0.1) is 0 Å². The Kier molecular flexibility index (Phi) is 9.00. The van der Waals surface area contributed by atoms with Gasteiger partial charge in [-0.15, -0.1) is 0 Å². The molecule has 10 nitrogen and oxygen atoms in total. The topological polar surface area (TPSA) is 114 Å². The smallest absolute Gasteiger partial charge is 0.343 e. The highest BCUT2D eigenvalue weighted by atomic mass is 16.5. The van der Waals surface area contributed by atoms with Crippen LogP contribution in [-0.4, -0.2) is 44.1 Å². The number of ether oxygens (including phenoxy) is 3. The zero-order chi connectivity index (χ0) is 31.1. The van der Waals surface area contributed by atoms with Crippen LogP contribution in [0.25, 0.3) is 6.08 Å². The van der Waals surface area contributed by atoms with Crippen LogP contribution < -0.4 is 29.3 Å². The van der Waals surface area contributed by atoms with Crippen molar-refractivity contribution in [2.45, 2.75) is 6.92 Å². The van der Waals surface area contributed by atoms with Crippen LogP contribution in [-0.2, 0) is 14.4 Å². The first-order valence-electron chi connectivity index (χ1n) is 13.8. The van der Waals surface area contributed by atoms with Crippen molar-refractivity contribution in [1.29, 1.82) is 0 Å². The monoisotopic (exact) mass is 591 g/mol. The molecule has 44 heavy (non-hydrogen) atoms. The van der Waals surface area contributed by atoms with Gasteiger partial charge in [-0.3, -0.25) is 14.4 Å². The number of para-hydroxylation sites is 2. The number of anilines is 3. The van der Waals surface area contributed by atoms with Crippen LogP contribution in [0.4, 0.5) is 21.9 Å². The van der Waals surface area contributed by atoms with E-state index in [1.807, 2.05) is 0 Å². The highest BCUT2D eigenvalue weighted by Gasteiger charge is 2.43. The highest BCUT2D eigenvalue weighted by molar-refractivity contribution is 6.46. The molecule has 1 N–H and O–H groups in total. The number of nitrogens with one attached hydrogen (secondary N) is 1. The molecule has 1 heterocycles. The molecular weight excluding hydrogens is 562 g/mol. The molecule has 1 aliphatic rings. The van der Waals surface area contributed by atoms with Crippen molar-refractivity contribution in [1.82, 2.24) is 0 Å². The Morgan fingerprint density at radius 3 is 1.89 bits per heavy atom. The average molecular weight is 592 g/mol. The lowest BCUT2D eigenvalue weighted by Gasteiger charge is -2.33. The molecule has 10 heteroatoms. The molecule has 5 amide bonds. The summed E-state index contributed by atoms with van der Waals surface area (Å²) in [5.74, 6) is -0.620. The number of barbiturate groups is 1. The Hall–Kier alpha value is -5.90. The van der Waals surface area contributed by atoms with Gasteiger partial charge in [0.1, 0.15) is 11.3 Å². The molecular formula is C34H29N3O7. The maximum Gasteiger partial charge on any atom is 0.343 e. The molecule has 0 unspecified atom stereocenters. The number of carbonyl (C=O) groups is 4. The van der Waals surface area contributed by atoms with Gasteiger partial charge in [0.15, 0.2) is 18.1 Å². The molecule has 0 aromatic heterocycles. The van der Waals surface area contributed by atoms with E-state index in [1.165, 1.54) is 6.08 Å². The van der Waals surface area contributed by atoms with Gasteiger partial charge in [-0.2, -0.15) is 0 Å². The van der Waals surface area contributed by atoms with Gasteiger partial charge >= 0.3 is 6.03 Å². The first-order chi connectivity index (χ1) is 21.4. The van der Waals surface area contributed by atoms with Crippen LogP contribution >= 0.6 is 0 Å². The van der Waals surface area contributed by atoms with E-state index >= 15 is 0 Å². The van der Waals surface area contributed by atoms with E-state index in [2.05, 4.69) is 5.32 Å². The Morgan fingerprint density at radius 2 is 1.34 bits per heavy atom. The number of methoxy groups -OCH3 is 1. The maximum atomic E-state index is 13.7. The molecule has 1 fully saturated rings. The molecule has 0 radical (unpaired) electrons. The predicted octanol–water partition coefficient (Wildman–Crippen LogP) is 5.69. The van der Waals surface area contributed by atoms with Crippen LogP contribution in [0.2, 0.25) is 0 Å². The van der Waals surface area contributed by atoms with E-state index < -0.39 is 17.8 Å². The molecule has 1 saturated heterocycles. The lowest BCUT2D eigenvalue weighted by Crippen LogP contribution is -2.57. The first-order valence-corrected chi connectivity index (χ1v) is 13.8. The number of amides is 5. The fourth-order valence-corrected chi connectivity index (χ4v) is 4.52. The SMILES string of the molecule is CCOc1cc(C=C2C(=O)N(c3ccccc3)C(=O)N(c3ccccc3)C2=O)ccc1OCC(=O)Nc1ccc(OC)cc1. The van der Waals surface area contributed by atoms with Crippen LogP contribution in [0.1, 0.15) is 12.5 Å². The molecule has 222 valence electrons. The molecule has 0 bridgehead atoms. The van der Waals surface area contributed by atoms with Crippen LogP contribution in [0.15, 0.2) is 109 Å². The van der Waals surface area contributed by atoms with Crippen molar-refractivity contribution in [2.75, 3.05) is 35.4 Å². The molecule has 0 spiro atoms. The molecule has 5 rings (SSSR count). The van der Waals surface area contributed by atoms with Crippen molar-refractivity contribution in [3.05, 3.63) is 114 Å². The number of benzene rings is 4. The summed E-state index contributed by atoms with van der Waals surface area (Å²) in [5.41, 5.74) is 1.48. The minimum atomic E-state index is -0.777. The second kappa shape index (κ2) is 13.4. The van der Waals surface area contributed by atoms with Crippen molar-refractivity contribution in [3.8, 4) is 17.2 Å². The van der Waals surface area contributed by atoms with E-state index in [0.717, 1.165) is 9.80 Å². The number of nitrogens with zero attached hydrogens (tertiary/aromatic N) is 2. The third-order valence-corrected chi connectivity index (χ3v) is 6.59.